The Morgan fingerprint density at radius 2 is 1.75 bits per heavy atom. The third-order valence-corrected chi connectivity index (χ3v) is 8.08. The lowest BCUT2D eigenvalue weighted by Gasteiger charge is -2.57. The number of amides is 2. The predicted octanol–water partition coefficient (Wildman–Crippen LogP) is 2.99. The van der Waals surface area contributed by atoms with Crippen molar-refractivity contribution in [2.75, 3.05) is 31.1 Å². The number of aromatic hydroxyl groups is 1. The molecule has 32 heavy (non-hydrogen) atoms. The molecule has 2 amide bonds. The van der Waals surface area contributed by atoms with Crippen molar-refractivity contribution in [1.82, 2.24) is 4.90 Å². The summed E-state index contributed by atoms with van der Waals surface area (Å²) in [5.74, 6) is 1.52. The number of nitrogens with zero attached hydrogens (tertiary/aromatic N) is 2. The van der Waals surface area contributed by atoms with Gasteiger partial charge in [-0.2, -0.15) is 0 Å². The van der Waals surface area contributed by atoms with Crippen LogP contribution in [0, 0.1) is 17.8 Å². The minimum absolute atomic E-state index is 0.0370. The number of phenolic OH excluding ortho intramolecular Hbond substituents is 1. The highest BCUT2D eigenvalue weighted by Gasteiger charge is 2.52. The van der Waals surface area contributed by atoms with Gasteiger partial charge in [-0.1, -0.05) is 0 Å². The maximum absolute atomic E-state index is 12.9. The fourth-order valence-electron chi connectivity index (χ4n) is 7.16. The Morgan fingerprint density at radius 3 is 2.34 bits per heavy atom. The lowest BCUT2D eigenvalue weighted by Crippen LogP contribution is -2.53. The van der Waals surface area contributed by atoms with Gasteiger partial charge in [0.05, 0.1) is 6.61 Å². The number of phenols is 1. The van der Waals surface area contributed by atoms with Crippen molar-refractivity contribution in [3.8, 4) is 5.75 Å². The predicted molar refractivity (Wildman–Crippen MR) is 118 cm³/mol. The van der Waals surface area contributed by atoms with E-state index in [1.165, 1.54) is 24.2 Å². The normalized spacial score (nSPS) is 31.2. The van der Waals surface area contributed by atoms with Crippen molar-refractivity contribution < 1.29 is 24.2 Å². The van der Waals surface area contributed by atoms with Gasteiger partial charge < -0.3 is 19.6 Å². The molecule has 1 heterocycles. The zero-order chi connectivity index (χ0) is 22.5. The number of piperazine rings is 1. The summed E-state index contributed by atoms with van der Waals surface area (Å²) in [7, 11) is 0. The van der Waals surface area contributed by atoms with Crippen LogP contribution in [0.1, 0.15) is 57.4 Å². The molecule has 0 unspecified atom stereocenters. The molecule has 5 fully saturated rings. The summed E-state index contributed by atoms with van der Waals surface area (Å²) in [6.45, 7) is 2.62. The number of carbonyl (C=O) groups excluding carboxylic acids is 3. The van der Waals surface area contributed by atoms with Crippen molar-refractivity contribution in [1.29, 1.82) is 0 Å². The van der Waals surface area contributed by atoms with E-state index in [-0.39, 0.29) is 36.8 Å². The van der Waals surface area contributed by atoms with Crippen molar-refractivity contribution in [2.45, 2.75) is 57.3 Å². The lowest BCUT2D eigenvalue weighted by atomic mass is 9.48. The number of benzene rings is 1. The Morgan fingerprint density at radius 1 is 1.09 bits per heavy atom. The van der Waals surface area contributed by atoms with Crippen LogP contribution in [-0.2, 0) is 24.5 Å². The molecule has 6 rings (SSSR count). The van der Waals surface area contributed by atoms with Crippen LogP contribution in [0.25, 0.3) is 0 Å². The number of hydrogen-bond donors (Lipinski definition) is 1. The molecule has 0 atom stereocenters. The van der Waals surface area contributed by atoms with Crippen molar-refractivity contribution >= 4 is 23.5 Å². The quantitative estimate of drug-likeness (QED) is 0.562. The maximum Gasteiger partial charge on any atom is 0.315 e. The lowest BCUT2D eigenvalue weighted by molar-refractivity contribution is -0.150. The van der Waals surface area contributed by atoms with E-state index in [2.05, 4.69) is 0 Å². The molecule has 7 nitrogen and oxygen atoms in total. The summed E-state index contributed by atoms with van der Waals surface area (Å²) in [4.78, 5) is 40.0. The fraction of sp³-hybridized carbons (Fsp3) is 0.640. The van der Waals surface area contributed by atoms with Gasteiger partial charge in [0.1, 0.15) is 18.7 Å². The van der Waals surface area contributed by atoms with Gasteiger partial charge in [-0.05, 0) is 86.8 Å². The Hall–Kier alpha value is -2.57. The van der Waals surface area contributed by atoms with Gasteiger partial charge in [-0.3, -0.25) is 14.4 Å². The van der Waals surface area contributed by atoms with Crippen LogP contribution in [0.3, 0.4) is 0 Å². The summed E-state index contributed by atoms with van der Waals surface area (Å²) < 4.78 is 4.84. The first kappa shape index (κ1) is 21.3. The highest BCUT2D eigenvalue weighted by molar-refractivity contribution is 6.00. The number of carbonyl (C=O) groups is 3. The topological polar surface area (TPSA) is 87.2 Å². The van der Waals surface area contributed by atoms with Gasteiger partial charge in [0.25, 0.3) is 0 Å². The van der Waals surface area contributed by atoms with Crippen LogP contribution in [0.4, 0.5) is 5.69 Å². The first-order chi connectivity index (χ1) is 15.4. The number of ether oxygens (including phenoxy) is 1. The van der Waals surface area contributed by atoms with Crippen LogP contribution in [0.5, 0.6) is 5.75 Å². The van der Waals surface area contributed by atoms with E-state index in [4.69, 9.17) is 4.74 Å². The molecule has 5 aliphatic rings. The van der Waals surface area contributed by atoms with Gasteiger partial charge >= 0.3 is 5.97 Å². The van der Waals surface area contributed by atoms with Gasteiger partial charge in [0.2, 0.25) is 11.8 Å². The molecule has 4 bridgehead atoms. The fourth-order valence-corrected chi connectivity index (χ4v) is 7.16. The van der Waals surface area contributed by atoms with Crippen molar-refractivity contribution in [3.05, 3.63) is 23.8 Å². The van der Waals surface area contributed by atoms with E-state index >= 15 is 0 Å². The molecule has 4 aliphatic carbocycles. The van der Waals surface area contributed by atoms with Gasteiger partial charge in [-0.15, -0.1) is 0 Å². The first-order valence-corrected chi connectivity index (χ1v) is 11.9. The van der Waals surface area contributed by atoms with Gasteiger partial charge in [-0.25, -0.2) is 0 Å². The zero-order valence-electron chi connectivity index (χ0n) is 18.7. The number of esters is 1. The zero-order valence-corrected chi connectivity index (χ0v) is 18.7. The van der Waals surface area contributed by atoms with E-state index in [0.29, 0.717) is 18.8 Å². The highest BCUT2D eigenvalue weighted by atomic mass is 16.5. The third kappa shape index (κ3) is 3.76. The molecule has 1 aromatic carbocycles. The first-order valence-electron chi connectivity index (χ1n) is 11.9. The SMILES string of the molecule is CCOC(=O)CC(=O)N1CCN(c2ccc(O)c(C34CC5CC(CC(C5)C3)C4)c2)C(=O)C1. The summed E-state index contributed by atoms with van der Waals surface area (Å²) >= 11 is 0. The van der Waals surface area contributed by atoms with Crippen LogP contribution in [-0.4, -0.2) is 54.0 Å². The molecule has 1 saturated heterocycles. The molecule has 0 spiro atoms. The third-order valence-electron chi connectivity index (χ3n) is 8.08. The summed E-state index contributed by atoms with van der Waals surface area (Å²) in [6.07, 6.45) is 7.08. The second-order valence-corrected chi connectivity index (χ2v) is 10.2. The monoisotopic (exact) mass is 440 g/mol. The smallest absolute Gasteiger partial charge is 0.315 e. The second-order valence-electron chi connectivity index (χ2n) is 10.2. The minimum Gasteiger partial charge on any atom is -0.508 e. The van der Waals surface area contributed by atoms with E-state index in [0.717, 1.165) is 48.3 Å². The Bertz CT molecular complexity index is 907. The molecule has 7 heteroatoms. The van der Waals surface area contributed by atoms with E-state index in [1.54, 1.807) is 24.0 Å². The molecule has 0 radical (unpaired) electrons. The molecule has 1 N–H and O–H groups in total. The van der Waals surface area contributed by atoms with E-state index in [1.807, 2.05) is 6.07 Å². The van der Waals surface area contributed by atoms with Crippen molar-refractivity contribution in [3.63, 3.8) is 0 Å². The molecule has 4 saturated carbocycles. The Balaban J connectivity index is 1.32. The average molecular weight is 441 g/mol. The summed E-state index contributed by atoms with van der Waals surface area (Å²) in [6, 6.07) is 5.55. The van der Waals surface area contributed by atoms with Gasteiger partial charge in [0.15, 0.2) is 0 Å². The summed E-state index contributed by atoms with van der Waals surface area (Å²) in [5.41, 5.74) is 1.83. The number of anilines is 1. The largest absolute Gasteiger partial charge is 0.508 e. The minimum atomic E-state index is -0.564. The number of hydrogen-bond acceptors (Lipinski definition) is 5. The van der Waals surface area contributed by atoms with Gasteiger partial charge in [0, 0.05) is 24.3 Å². The van der Waals surface area contributed by atoms with E-state index < -0.39 is 5.97 Å². The molecular weight excluding hydrogens is 408 g/mol. The van der Waals surface area contributed by atoms with E-state index in [9.17, 15) is 19.5 Å². The Labute approximate surface area is 188 Å². The Kier molecular flexibility index (Phi) is 5.38. The van der Waals surface area contributed by atoms with Crippen molar-refractivity contribution in [2.24, 2.45) is 17.8 Å². The molecular formula is C25H32N2O5. The number of rotatable bonds is 5. The van der Waals surface area contributed by atoms with Crippen LogP contribution >= 0.6 is 0 Å². The molecule has 1 aliphatic heterocycles. The van der Waals surface area contributed by atoms with Crippen LogP contribution in [0.2, 0.25) is 0 Å². The molecule has 172 valence electrons. The van der Waals surface area contributed by atoms with Crippen LogP contribution in [0.15, 0.2) is 18.2 Å². The standard InChI is InChI=1S/C25H32N2O5/c1-2-32-24(31)11-22(29)26-5-6-27(23(30)15-26)19-3-4-21(28)20(10-19)25-12-16-7-17(13-25)9-18(8-16)14-25/h3-4,10,16-18,28H,2,5-9,11-15H2,1H3. The maximum atomic E-state index is 12.9. The highest BCUT2D eigenvalue weighted by Crippen LogP contribution is 2.62. The molecule has 0 aromatic heterocycles. The second kappa shape index (κ2) is 8.09. The average Bonchev–Trinajstić information content (AvgIpc) is 2.73. The van der Waals surface area contributed by atoms with Crippen LogP contribution < -0.4 is 4.90 Å². The summed E-state index contributed by atoms with van der Waals surface area (Å²) in [5, 5.41) is 10.8. The molecule has 1 aromatic rings.